The van der Waals surface area contributed by atoms with Gasteiger partial charge in [0.05, 0.1) is 6.54 Å². The summed E-state index contributed by atoms with van der Waals surface area (Å²) in [5.41, 5.74) is 2.82. The lowest BCUT2D eigenvalue weighted by Gasteiger charge is -2.30. The van der Waals surface area contributed by atoms with E-state index < -0.39 is 29.1 Å². The second-order valence-electron chi connectivity index (χ2n) is 7.08. The van der Waals surface area contributed by atoms with Crippen molar-refractivity contribution in [2.24, 2.45) is 10.9 Å². The maximum Gasteiger partial charge on any atom is 0.409 e. The van der Waals surface area contributed by atoms with Crippen LogP contribution < -0.4 is 16.0 Å². The number of hydrogen-bond acceptors (Lipinski definition) is 10. The number of tetrazole rings is 1. The fraction of sp³-hybridized carbons (Fsp3) is 0.588. The molecule has 13 nitrogen and oxygen atoms in total. The number of ether oxygens (including phenoxy) is 1. The van der Waals surface area contributed by atoms with Crippen LogP contribution in [-0.4, -0.2) is 62.1 Å². The molecular formula is C17H26N8O5. The van der Waals surface area contributed by atoms with Crippen LogP contribution >= 0.6 is 0 Å². The number of hydrogen-bond donors (Lipinski definition) is 3. The monoisotopic (exact) mass is 422 g/mol. The van der Waals surface area contributed by atoms with Gasteiger partial charge in [0.15, 0.2) is 11.4 Å². The zero-order valence-electron chi connectivity index (χ0n) is 17.8. The van der Waals surface area contributed by atoms with Gasteiger partial charge in [-0.25, -0.2) is 19.6 Å². The molecule has 0 aliphatic carbocycles. The molecule has 0 aliphatic rings. The lowest BCUT2D eigenvalue weighted by Crippen LogP contribution is -2.59. The van der Waals surface area contributed by atoms with Crippen LogP contribution in [0.4, 0.5) is 10.7 Å². The molecule has 0 spiro atoms. The summed E-state index contributed by atoms with van der Waals surface area (Å²) in [7, 11) is 0. The predicted molar refractivity (Wildman–Crippen MR) is 106 cm³/mol. The first-order valence-electron chi connectivity index (χ1n) is 8.97. The molecular weight excluding hydrogens is 396 g/mol. The summed E-state index contributed by atoms with van der Waals surface area (Å²) >= 11 is 0. The summed E-state index contributed by atoms with van der Waals surface area (Å²) in [4.78, 5) is 42.8. The topological polar surface area (TPSA) is 178 Å². The molecule has 0 radical (unpaired) electrons. The minimum atomic E-state index is -1.81. The molecule has 0 aliphatic heterocycles. The molecule has 0 bridgehead atoms. The number of amidine groups is 1. The van der Waals surface area contributed by atoms with Crippen molar-refractivity contribution < 1.29 is 24.0 Å². The summed E-state index contributed by atoms with van der Waals surface area (Å²) in [6.07, 6.45) is -0.804. The van der Waals surface area contributed by atoms with Gasteiger partial charge in [-0.15, -0.1) is 0 Å². The first-order chi connectivity index (χ1) is 13.9. The minimum Gasteiger partial charge on any atom is -0.444 e. The van der Waals surface area contributed by atoms with Crippen molar-refractivity contribution in [1.82, 2.24) is 25.9 Å². The van der Waals surface area contributed by atoms with Crippen LogP contribution in [0.3, 0.4) is 0 Å². The Kier molecular flexibility index (Phi) is 8.42. The molecule has 13 heteroatoms. The molecule has 2 amide bonds. The summed E-state index contributed by atoms with van der Waals surface area (Å²) in [6.45, 7) is 9.26. The first-order valence-corrected chi connectivity index (χ1v) is 8.97. The van der Waals surface area contributed by atoms with Crippen molar-refractivity contribution in [3.8, 4) is 11.8 Å². The standard InChI is InChI=1S/C17H26N8O5/c1-7-12(26)30-22-11(2)25(14-20-23-24-21-14)13(27)17(6,9-8-10-18)19-15(28)29-16(3,4)5/h7,10,18H2,1-6H3,(H,19,28)(H,20,21,23,24)/b22-11-. The fourth-order valence-electron chi connectivity index (χ4n) is 1.96. The third kappa shape index (κ3) is 7.13. The van der Waals surface area contributed by atoms with E-state index >= 15 is 0 Å². The Labute approximate surface area is 173 Å². The number of aromatic nitrogens is 4. The van der Waals surface area contributed by atoms with Crippen LogP contribution in [0, 0.1) is 11.8 Å². The normalized spacial score (nSPS) is 13.4. The Bertz CT molecular complexity index is 850. The van der Waals surface area contributed by atoms with Gasteiger partial charge in [0.1, 0.15) is 5.60 Å². The Morgan fingerprint density at radius 2 is 1.97 bits per heavy atom. The molecule has 1 rings (SSSR count). The molecule has 0 saturated heterocycles. The first kappa shape index (κ1) is 24.5. The number of alkyl carbamates (subject to hydrolysis) is 1. The van der Waals surface area contributed by atoms with Gasteiger partial charge in [0.25, 0.3) is 11.9 Å². The van der Waals surface area contributed by atoms with Crippen LogP contribution in [0.2, 0.25) is 0 Å². The average molecular weight is 422 g/mol. The summed E-state index contributed by atoms with van der Waals surface area (Å²) in [6, 6.07) is 0. The number of anilines is 1. The van der Waals surface area contributed by atoms with Crippen molar-refractivity contribution in [1.29, 1.82) is 0 Å². The zero-order chi connectivity index (χ0) is 22.9. The quantitative estimate of drug-likeness (QED) is 0.195. The Balaban J connectivity index is 3.35. The van der Waals surface area contributed by atoms with Gasteiger partial charge in [-0.2, -0.15) is 0 Å². The van der Waals surface area contributed by atoms with Gasteiger partial charge in [0.2, 0.25) is 0 Å². The van der Waals surface area contributed by atoms with E-state index in [-0.39, 0.29) is 24.7 Å². The molecule has 1 aromatic rings. The van der Waals surface area contributed by atoms with E-state index in [1.807, 2.05) is 0 Å². The van der Waals surface area contributed by atoms with E-state index in [4.69, 9.17) is 15.3 Å². The second-order valence-corrected chi connectivity index (χ2v) is 7.08. The van der Waals surface area contributed by atoms with Gasteiger partial charge in [0, 0.05) is 6.42 Å². The molecule has 0 saturated carbocycles. The fourth-order valence-corrected chi connectivity index (χ4v) is 1.96. The van der Waals surface area contributed by atoms with E-state index in [9.17, 15) is 14.4 Å². The number of aromatic amines is 1. The third-order valence-electron chi connectivity index (χ3n) is 3.26. The summed E-state index contributed by atoms with van der Waals surface area (Å²) < 4.78 is 5.22. The molecule has 4 N–H and O–H groups in total. The predicted octanol–water partition coefficient (Wildman–Crippen LogP) is 0.0648. The largest absolute Gasteiger partial charge is 0.444 e. The number of H-pyrrole nitrogens is 1. The molecule has 0 fully saturated rings. The number of nitrogens with one attached hydrogen (secondary N) is 2. The number of nitrogens with two attached hydrogens (primary N) is 1. The molecule has 1 atom stereocenters. The highest BCUT2D eigenvalue weighted by molar-refractivity contribution is 6.19. The van der Waals surface area contributed by atoms with Gasteiger partial charge >= 0.3 is 12.1 Å². The van der Waals surface area contributed by atoms with Crippen molar-refractivity contribution in [2.75, 3.05) is 11.4 Å². The van der Waals surface area contributed by atoms with Crippen LogP contribution in [0.1, 0.15) is 48.0 Å². The number of oxime groups is 1. The zero-order valence-corrected chi connectivity index (χ0v) is 17.8. The number of nitrogens with zero attached hydrogens (tertiary/aromatic N) is 5. The van der Waals surface area contributed by atoms with Gasteiger partial charge in [-0.1, -0.05) is 29.0 Å². The van der Waals surface area contributed by atoms with E-state index in [0.717, 1.165) is 4.90 Å². The number of carbonyl (C=O) groups excluding carboxylic acids is 3. The van der Waals surface area contributed by atoms with Gasteiger partial charge in [-0.3, -0.25) is 10.1 Å². The highest BCUT2D eigenvalue weighted by atomic mass is 16.7. The van der Waals surface area contributed by atoms with Crippen LogP contribution in [0.5, 0.6) is 0 Å². The maximum atomic E-state index is 13.4. The van der Waals surface area contributed by atoms with E-state index in [2.05, 4.69) is 42.9 Å². The smallest absolute Gasteiger partial charge is 0.409 e. The molecule has 0 aromatic carbocycles. The molecule has 1 heterocycles. The Morgan fingerprint density at radius 3 is 2.47 bits per heavy atom. The highest BCUT2D eigenvalue weighted by Gasteiger charge is 2.41. The van der Waals surface area contributed by atoms with Gasteiger partial charge in [-0.05, 0) is 45.0 Å². The highest BCUT2D eigenvalue weighted by Crippen LogP contribution is 2.16. The molecule has 1 unspecified atom stereocenters. The molecule has 30 heavy (non-hydrogen) atoms. The molecule has 164 valence electrons. The third-order valence-corrected chi connectivity index (χ3v) is 3.26. The molecule has 1 aromatic heterocycles. The lowest BCUT2D eigenvalue weighted by molar-refractivity contribution is -0.143. The van der Waals surface area contributed by atoms with Crippen LogP contribution in [-0.2, 0) is 19.2 Å². The van der Waals surface area contributed by atoms with Crippen LogP contribution in [0.15, 0.2) is 5.16 Å². The average Bonchev–Trinajstić information content (AvgIpc) is 3.17. The Hall–Kier alpha value is -3.53. The van der Waals surface area contributed by atoms with Crippen molar-refractivity contribution in [3.05, 3.63) is 0 Å². The second kappa shape index (κ2) is 10.3. The lowest BCUT2D eigenvalue weighted by atomic mass is 10.0. The minimum absolute atomic E-state index is 0.0656. The van der Waals surface area contributed by atoms with Crippen molar-refractivity contribution in [2.45, 2.75) is 59.1 Å². The number of rotatable bonds is 5. The van der Waals surface area contributed by atoms with Crippen LogP contribution in [0.25, 0.3) is 0 Å². The van der Waals surface area contributed by atoms with E-state index in [0.29, 0.717) is 0 Å². The summed E-state index contributed by atoms with van der Waals surface area (Å²) in [5, 5.41) is 19.0. The van der Waals surface area contributed by atoms with E-state index in [1.54, 1.807) is 27.7 Å². The van der Waals surface area contributed by atoms with Crippen molar-refractivity contribution >= 4 is 29.8 Å². The SMILES string of the molecule is CCC(=O)O/N=C(/C)N(C(=O)C(C)(C#CCN)NC(=O)OC(C)(C)C)c1nnn[nH]1. The maximum absolute atomic E-state index is 13.4. The van der Waals surface area contributed by atoms with E-state index in [1.165, 1.54) is 13.8 Å². The Morgan fingerprint density at radius 1 is 1.30 bits per heavy atom. The van der Waals surface area contributed by atoms with Gasteiger partial charge < -0.3 is 15.3 Å². The number of carbonyl (C=O) groups is 3. The van der Waals surface area contributed by atoms with Crippen molar-refractivity contribution in [3.63, 3.8) is 0 Å². The number of amides is 2. The summed E-state index contributed by atoms with van der Waals surface area (Å²) in [5.74, 6) is 3.52.